The van der Waals surface area contributed by atoms with Crippen LogP contribution in [-0.2, 0) is 9.53 Å². The summed E-state index contributed by atoms with van der Waals surface area (Å²) in [4.78, 5) is 11.0. The van der Waals surface area contributed by atoms with Gasteiger partial charge in [-0.1, -0.05) is 6.07 Å². The van der Waals surface area contributed by atoms with Gasteiger partial charge in [-0.15, -0.1) is 0 Å². The Bertz CT molecular complexity index is 403. The Morgan fingerprint density at radius 3 is 2.47 bits per heavy atom. The number of carbonyl (C=O) groups excluding carboxylic acids is 1. The molecule has 0 fully saturated rings. The maximum absolute atomic E-state index is 11.0. The third-order valence-electron chi connectivity index (χ3n) is 2.29. The van der Waals surface area contributed by atoms with E-state index >= 15 is 0 Å². The molecule has 2 atom stereocenters. The number of hydrogen-bond acceptors (Lipinski definition) is 6. The maximum atomic E-state index is 11.0. The monoisotopic (exact) mass is 242 g/mol. The minimum atomic E-state index is -1.69. The number of carbonyl (C=O) groups is 1. The molecule has 0 aliphatic heterocycles. The summed E-state index contributed by atoms with van der Waals surface area (Å²) in [6.07, 6.45) is -3.13. The summed E-state index contributed by atoms with van der Waals surface area (Å²) in [7, 11) is 2.46. The fraction of sp³-hybridized carbons (Fsp3) is 0.364. The smallest absolute Gasteiger partial charge is 0.337 e. The lowest BCUT2D eigenvalue weighted by Gasteiger charge is -2.16. The summed E-state index contributed by atoms with van der Waals surface area (Å²) in [6.45, 7) is 0. The standard InChI is InChI=1S/C11H14O6/c1-16-8-5-6(3-4-7(8)12)9(13)10(14)11(15)17-2/h3-5,9-10,12-14H,1-2H3. The molecule has 0 bridgehead atoms. The van der Waals surface area contributed by atoms with Crippen molar-refractivity contribution in [2.24, 2.45) is 0 Å². The number of rotatable bonds is 4. The van der Waals surface area contributed by atoms with E-state index in [9.17, 15) is 20.1 Å². The third kappa shape index (κ3) is 2.86. The van der Waals surface area contributed by atoms with Gasteiger partial charge in [-0.05, 0) is 17.7 Å². The highest BCUT2D eigenvalue weighted by molar-refractivity contribution is 5.75. The van der Waals surface area contributed by atoms with E-state index in [0.717, 1.165) is 7.11 Å². The number of phenols is 1. The molecule has 0 saturated heterocycles. The van der Waals surface area contributed by atoms with Crippen LogP contribution >= 0.6 is 0 Å². The van der Waals surface area contributed by atoms with E-state index in [1.165, 1.54) is 25.3 Å². The minimum absolute atomic E-state index is 0.101. The Hall–Kier alpha value is -1.79. The van der Waals surface area contributed by atoms with Crippen LogP contribution < -0.4 is 4.74 Å². The molecule has 0 aliphatic rings. The van der Waals surface area contributed by atoms with Crippen molar-refractivity contribution in [1.29, 1.82) is 0 Å². The maximum Gasteiger partial charge on any atom is 0.337 e. The summed E-state index contributed by atoms with van der Waals surface area (Å²) < 4.78 is 9.15. The molecule has 0 aromatic heterocycles. The molecule has 0 spiro atoms. The lowest BCUT2D eigenvalue weighted by Crippen LogP contribution is -2.29. The Labute approximate surface area is 98.0 Å². The van der Waals surface area contributed by atoms with Crippen LogP contribution in [0, 0.1) is 0 Å². The molecule has 94 valence electrons. The molecule has 2 unspecified atom stereocenters. The normalized spacial score (nSPS) is 13.9. The van der Waals surface area contributed by atoms with Gasteiger partial charge in [0.25, 0.3) is 0 Å². The molecule has 0 saturated carbocycles. The number of aliphatic hydroxyl groups excluding tert-OH is 2. The second-order valence-corrected chi connectivity index (χ2v) is 3.34. The van der Waals surface area contributed by atoms with Crippen LogP contribution in [0.15, 0.2) is 18.2 Å². The fourth-order valence-corrected chi connectivity index (χ4v) is 1.31. The Morgan fingerprint density at radius 2 is 1.94 bits per heavy atom. The van der Waals surface area contributed by atoms with Gasteiger partial charge in [0.2, 0.25) is 0 Å². The van der Waals surface area contributed by atoms with Gasteiger partial charge >= 0.3 is 5.97 Å². The zero-order chi connectivity index (χ0) is 13.0. The number of aromatic hydroxyl groups is 1. The molecule has 6 heteroatoms. The van der Waals surface area contributed by atoms with Crippen LogP contribution in [0.25, 0.3) is 0 Å². The molecule has 1 aromatic carbocycles. The van der Waals surface area contributed by atoms with Crippen molar-refractivity contribution in [2.45, 2.75) is 12.2 Å². The zero-order valence-corrected chi connectivity index (χ0v) is 9.45. The van der Waals surface area contributed by atoms with E-state index in [2.05, 4.69) is 4.74 Å². The minimum Gasteiger partial charge on any atom is -0.504 e. The zero-order valence-electron chi connectivity index (χ0n) is 9.45. The highest BCUT2D eigenvalue weighted by Gasteiger charge is 2.27. The van der Waals surface area contributed by atoms with Gasteiger partial charge in [-0.2, -0.15) is 0 Å². The van der Waals surface area contributed by atoms with E-state index in [4.69, 9.17) is 4.74 Å². The van der Waals surface area contributed by atoms with Crippen LogP contribution in [0.4, 0.5) is 0 Å². The van der Waals surface area contributed by atoms with Crippen molar-refractivity contribution in [1.82, 2.24) is 0 Å². The Kier molecular flexibility index (Phi) is 4.30. The van der Waals surface area contributed by atoms with Crippen molar-refractivity contribution in [3.63, 3.8) is 0 Å². The van der Waals surface area contributed by atoms with Gasteiger partial charge in [0, 0.05) is 0 Å². The molecular formula is C11H14O6. The molecule has 1 aromatic rings. The molecule has 6 nitrogen and oxygen atoms in total. The number of hydrogen-bond donors (Lipinski definition) is 3. The lowest BCUT2D eigenvalue weighted by molar-refractivity contribution is -0.156. The number of methoxy groups -OCH3 is 2. The van der Waals surface area contributed by atoms with Crippen molar-refractivity contribution in [3.8, 4) is 11.5 Å². The number of phenolic OH excluding ortho intramolecular Hbond substituents is 1. The van der Waals surface area contributed by atoms with Crippen molar-refractivity contribution in [3.05, 3.63) is 23.8 Å². The van der Waals surface area contributed by atoms with E-state index in [0.29, 0.717) is 0 Å². The summed E-state index contributed by atoms with van der Waals surface area (Å²) in [5.74, 6) is -0.904. The fourth-order valence-electron chi connectivity index (χ4n) is 1.31. The number of ether oxygens (including phenoxy) is 2. The van der Waals surface area contributed by atoms with Gasteiger partial charge in [-0.25, -0.2) is 4.79 Å². The van der Waals surface area contributed by atoms with Gasteiger partial charge in [-0.3, -0.25) is 0 Å². The van der Waals surface area contributed by atoms with E-state index in [1.807, 2.05) is 0 Å². The highest BCUT2D eigenvalue weighted by atomic mass is 16.5. The first kappa shape index (κ1) is 13.3. The molecule has 1 rings (SSSR count). The second kappa shape index (κ2) is 5.51. The first-order valence-electron chi connectivity index (χ1n) is 4.82. The number of aliphatic hydroxyl groups is 2. The van der Waals surface area contributed by atoms with Crippen molar-refractivity contribution in [2.75, 3.05) is 14.2 Å². The van der Waals surface area contributed by atoms with E-state index in [1.54, 1.807) is 0 Å². The second-order valence-electron chi connectivity index (χ2n) is 3.34. The molecule has 0 radical (unpaired) electrons. The van der Waals surface area contributed by atoms with Crippen LogP contribution in [0.2, 0.25) is 0 Å². The molecule has 0 aliphatic carbocycles. The number of esters is 1. The third-order valence-corrected chi connectivity index (χ3v) is 2.29. The van der Waals surface area contributed by atoms with E-state index < -0.39 is 18.2 Å². The first-order chi connectivity index (χ1) is 8.01. The van der Waals surface area contributed by atoms with Crippen LogP contribution in [0.1, 0.15) is 11.7 Å². The van der Waals surface area contributed by atoms with Gasteiger partial charge in [0.15, 0.2) is 17.6 Å². The van der Waals surface area contributed by atoms with Crippen molar-refractivity contribution >= 4 is 5.97 Å². The van der Waals surface area contributed by atoms with Crippen LogP contribution in [-0.4, -0.2) is 41.6 Å². The van der Waals surface area contributed by atoms with Crippen LogP contribution in [0.5, 0.6) is 11.5 Å². The number of benzene rings is 1. The molecule has 0 heterocycles. The van der Waals surface area contributed by atoms with E-state index in [-0.39, 0.29) is 17.1 Å². The lowest BCUT2D eigenvalue weighted by atomic mass is 10.0. The quantitative estimate of drug-likeness (QED) is 0.641. The predicted octanol–water partition coefficient (Wildman–Crippen LogP) is -0.0319. The predicted molar refractivity (Wildman–Crippen MR) is 57.6 cm³/mol. The molecular weight excluding hydrogens is 228 g/mol. The summed E-state index contributed by atoms with van der Waals surface area (Å²) >= 11 is 0. The Morgan fingerprint density at radius 1 is 1.29 bits per heavy atom. The van der Waals surface area contributed by atoms with Gasteiger partial charge in [0.1, 0.15) is 6.10 Å². The van der Waals surface area contributed by atoms with Crippen LogP contribution in [0.3, 0.4) is 0 Å². The molecule has 3 N–H and O–H groups in total. The van der Waals surface area contributed by atoms with Crippen molar-refractivity contribution < 1.29 is 29.6 Å². The van der Waals surface area contributed by atoms with Gasteiger partial charge in [0.05, 0.1) is 14.2 Å². The Balaban J connectivity index is 2.96. The highest BCUT2D eigenvalue weighted by Crippen LogP contribution is 2.30. The van der Waals surface area contributed by atoms with Gasteiger partial charge < -0.3 is 24.8 Å². The SMILES string of the molecule is COC(=O)C(O)C(O)c1ccc(O)c(OC)c1. The largest absolute Gasteiger partial charge is 0.504 e. The first-order valence-corrected chi connectivity index (χ1v) is 4.82. The topological polar surface area (TPSA) is 96.2 Å². The summed E-state index contributed by atoms with van der Waals surface area (Å²) in [5, 5.41) is 28.5. The molecule has 0 amide bonds. The summed E-state index contributed by atoms with van der Waals surface area (Å²) in [6, 6.07) is 3.99. The summed E-state index contributed by atoms with van der Waals surface area (Å²) in [5.41, 5.74) is 0.234. The average molecular weight is 242 g/mol. The molecule has 17 heavy (non-hydrogen) atoms. The average Bonchev–Trinajstić information content (AvgIpc) is 2.36.